The molecule has 0 aromatic heterocycles. The van der Waals surface area contributed by atoms with E-state index in [4.69, 9.17) is 0 Å². The van der Waals surface area contributed by atoms with Crippen molar-refractivity contribution >= 4 is 5.78 Å². The fourth-order valence-electron chi connectivity index (χ4n) is 2.04. The second-order valence-electron chi connectivity index (χ2n) is 3.90. The Morgan fingerprint density at radius 2 is 2.42 bits per heavy atom. The number of rotatable bonds is 2. The van der Waals surface area contributed by atoms with Crippen molar-refractivity contribution in [1.29, 1.82) is 0 Å². The maximum Gasteiger partial charge on any atom is 0.133 e. The molecule has 1 nitrogen and oxygen atoms in total. The van der Waals surface area contributed by atoms with Crippen molar-refractivity contribution in [2.75, 3.05) is 0 Å². The predicted octanol–water partition coefficient (Wildman–Crippen LogP) is 2.96. The lowest BCUT2D eigenvalue weighted by molar-refractivity contribution is -0.119. The van der Waals surface area contributed by atoms with Crippen LogP contribution < -0.4 is 0 Å². The standard InChI is InChI=1S/C11H18O/c1-3-5-10-6-4-7-11(12)8-9(10)2/h3,9-10H,1,4-8H2,2H3/t9-,10-/m1/s1. The van der Waals surface area contributed by atoms with Crippen LogP contribution in [0.3, 0.4) is 0 Å². The van der Waals surface area contributed by atoms with E-state index in [1.54, 1.807) is 0 Å². The Hall–Kier alpha value is -0.590. The Labute approximate surface area is 74.9 Å². The Morgan fingerprint density at radius 1 is 1.67 bits per heavy atom. The molecule has 12 heavy (non-hydrogen) atoms. The third kappa shape index (κ3) is 2.47. The van der Waals surface area contributed by atoms with Crippen LogP contribution in [0.4, 0.5) is 0 Å². The van der Waals surface area contributed by atoms with Crippen molar-refractivity contribution in [1.82, 2.24) is 0 Å². The zero-order valence-electron chi connectivity index (χ0n) is 7.88. The second kappa shape index (κ2) is 4.44. The number of carbonyl (C=O) groups excluding carboxylic acids is 1. The molecule has 1 heteroatoms. The molecule has 1 aliphatic rings. The van der Waals surface area contributed by atoms with E-state index in [1.165, 1.54) is 6.42 Å². The van der Waals surface area contributed by atoms with Gasteiger partial charge in [-0.2, -0.15) is 0 Å². The molecular weight excluding hydrogens is 148 g/mol. The van der Waals surface area contributed by atoms with Gasteiger partial charge in [-0.25, -0.2) is 0 Å². The topological polar surface area (TPSA) is 17.1 Å². The van der Waals surface area contributed by atoms with Gasteiger partial charge >= 0.3 is 0 Å². The van der Waals surface area contributed by atoms with Gasteiger partial charge in [-0.15, -0.1) is 6.58 Å². The van der Waals surface area contributed by atoms with Crippen LogP contribution in [0, 0.1) is 11.8 Å². The number of ketones is 1. The monoisotopic (exact) mass is 166 g/mol. The molecule has 0 radical (unpaired) electrons. The Kier molecular flexibility index (Phi) is 3.51. The third-order valence-electron chi connectivity index (χ3n) is 2.85. The highest BCUT2D eigenvalue weighted by atomic mass is 16.1. The molecule has 1 fully saturated rings. The van der Waals surface area contributed by atoms with E-state index in [1.807, 2.05) is 6.08 Å². The molecule has 0 N–H and O–H groups in total. The Bertz CT molecular complexity index is 172. The molecule has 0 saturated heterocycles. The average Bonchev–Trinajstić information content (AvgIpc) is 2.15. The summed E-state index contributed by atoms with van der Waals surface area (Å²) in [6.07, 6.45) is 6.95. The first kappa shape index (κ1) is 9.50. The van der Waals surface area contributed by atoms with Crippen LogP contribution in [0.25, 0.3) is 0 Å². The highest BCUT2D eigenvalue weighted by molar-refractivity contribution is 5.78. The van der Waals surface area contributed by atoms with Crippen LogP contribution >= 0.6 is 0 Å². The van der Waals surface area contributed by atoms with Gasteiger partial charge in [-0.1, -0.05) is 13.0 Å². The van der Waals surface area contributed by atoms with Gasteiger partial charge in [-0.05, 0) is 31.1 Å². The molecule has 1 aliphatic carbocycles. The smallest absolute Gasteiger partial charge is 0.133 e. The molecule has 2 atom stereocenters. The molecule has 0 spiro atoms. The maximum absolute atomic E-state index is 11.2. The van der Waals surface area contributed by atoms with E-state index in [0.717, 1.165) is 25.7 Å². The molecule has 1 saturated carbocycles. The largest absolute Gasteiger partial charge is 0.300 e. The van der Waals surface area contributed by atoms with Crippen molar-refractivity contribution in [3.05, 3.63) is 12.7 Å². The predicted molar refractivity (Wildman–Crippen MR) is 50.9 cm³/mol. The van der Waals surface area contributed by atoms with Crippen LogP contribution in [-0.4, -0.2) is 5.78 Å². The summed E-state index contributed by atoms with van der Waals surface area (Å²) in [6.45, 7) is 5.95. The maximum atomic E-state index is 11.2. The van der Waals surface area contributed by atoms with Gasteiger partial charge in [0, 0.05) is 12.8 Å². The third-order valence-corrected chi connectivity index (χ3v) is 2.85. The van der Waals surface area contributed by atoms with Crippen molar-refractivity contribution < 1.29 is 4.79 Å². The first-order valence-electron chi connectivity index (χ1n) is 4.86. The van der Waals surface area contributed by atoms with Crippen LogP contribution in [0.2, 0.25) is 0 Å². The highest BCUT2D eigenvalue weighted by Crippen LogP contribution is 2.29. The summed E-state index contributed by atoms with van der Waals surface area (Å²) < 4.78 is 0. The molecule has 0 bridgehead atoms. The minimum atomic E-state index is 0.453. The van der Waals surface area contributed by atoms with Crippen LogP contribution in [0.1, 0.15) is 39.0 Å². The minimum Gasteiger partial charge on any atom is -0.300 e. The summed E-state index contributed by atoms with van der Waals surface area (Å²) in [5.41, 5.74) is 0. The first-order valence-corrected chi connectivity index (χ1v) is 4.86. The average molecular weight is 166 g/mol. The number of hydrogen-bond acceptors (Lipinski definition) is 1. The fraction of sp³-hybridized carbons (Fsp3) is 0.727. The van der Waals surface area contributed by atoms with Crippen molar-refractivity contribution in [3.63, 3.8) is 0 Å². The van der Waals surface area contributed by atoms with E-state index in [9.17, 15) is 4.79 Å². The van der Waals surface area contributed by atoms with Crippen molar-refractivity contribution in [2.45, 2.75) is 39.0 Å². The van der Waals surface area contributed by atoms with E-state index in [0.29, 0.717) is 17.6 Å². The summed E-state index contributed by atoms with van der Waals surface area (Å²) in [5, 5.41) is 0. The van der Waals surface area contributed by atoms with E-state index < -0.39 is 0 Å². The number of carbonyl (C=O) groups is 1. The molecule has 0 aliphatic heterocycles. The van der Waals surface area contributed by atoms with Crippen LogP contribution in [0.5, 0.6) is 0 Å². The summed E-state index contributed by atoms with van der Waals surface area (Å²) in [4.78, 5) is 11.2. The lowest BCUT2D eigenvalue weighted by atomic mass is 9.87. The molecule has 68 valence electrons. The van der Waals surface area contributed by atoms with Gasteiger partial charge in [0.2, 0.25) is 0 Å². The number of Topliss-reactive ketones (excluding diaryl/α,β-unsaturated/α-hetero) is 1. The summed E-state index contributed by atoms with van der Waals surface area (Å²) >= 11 is 0. The molecule has 1 rings (SSSR count). The van der Waals surface area contributed by atoms with E-state index >= 15 is 0 Å². The van der Waals surface area contributed by atoms with E-state index in [-0.39, 0.29) is 0 Å². The van der Waals surface area contributed by atoms with Gasteiger partial charge < -0.3 is 0 Å². The fourth-order valence-corrected chi connectivity index (χ4v) is 2.04. The van der Waals surface area contributed by atoms with Gasteiger partial charge in [0.05, 0.1) is 0 Å². The number of hydrogen-bond donors (Lipinski definition) is 0. The summed E-state index contributed by atoms with van der Waals surface area (Å²) in [5.74, 6) is 1.72. The first-order chi connectivity index (χ1) is 5.74. The van der Waals surface area contributed by atoms with Gasteiger partial charge in [0.1, 0.15) is 5.78 Å². The summed E-state index contributed by atoms with van der Waals surface area (Å²) in [6, 6.07) is 0. The lowest BCUT2D eigenvalue weighted by Crippen LogP contribution is -2.11. The molecular formula is C11H18O. The lowest BCUT2D eigenvalue weighted by Gasteiger charge is -2.18. The van der Waals surface area contributed by atoms with Crippen LogP contribution in [0.15, 0.2) is 12.7 Å². The molecule has 0 amide bonds. The quantitative estimate of drug-likeness (QED) is 0.455. The molecule has 0 aromatic rings. The Morgan fingerprint density at radius 3 is 3.08 bits per heavy atom. The normalized spacial score (nSPS) is 31.2. The second-order valence-corrected chi connectivity index (χ2v) is 3.90. The zero-order valence-corrected chi connectivity index (χ0v) is 7.88. The highest BCUT2D eigenvalue weighted by Gasteiger charge is 2.22. The van der Waals surface area contributed by atoms with Crippen molar-refractivity contribution in [2.24, 2.45) is 11.8 Å². The minimum absolute atomic E-state index is 0.453. The van der Waals surface area contributed by atoms with E-state index in [2.05, 4.69) is 13.5 Å². The summed E-state index contributed by atoms with van der Waals surface area (Å²) in [7, 11) is 0. The molecule has 0 unspecified atom stereocenters. The molecule has 0 heterocycles. The number of allylic oxidation sites excluding steroid dienone is 1. The zero-order chi connectivity index (χ0) is 8.97. The van der Waals surface area contributed by atoms with Gasteiger partial charge in [0.25, 0.3) is 0 Å². The van der Waals surface area contributed by atoms with Crippen molar-refractivity contribution in [3.8, 4) is 0 Å². The Balaban J connectivity index is 2.50. The van der Waals surface area contributed by atoms with Gasteiger partial charge in [0.15, 0.2) is 0 Å². The molecule has 0 aromatic carbocycles. The van der Waals surface area contributed by atoms with Gasteiger partial charge in [-0.3, -0.25) is 4.79 Å². The SMILES string of the molecule is C=CC[C@@H]1CCCC(=O)C[C@H]1C. The van der Waals surface area contributed by atoms with Crippen LogP contribution in [-0.2, 0) is 4.79 Å².